The number of carbonyl (C=O) groups excluding carboxylic acids is 2. The van der Waals surface area contributed by atoms with E-state index < -0.39 is 11.5 Å². The molecule has 0 aromatic heterocycles. The van der Waals surface area contributed by atoms with Gasteiger partial charge in [-0.15, -0.1) is 0 Å². The molecule has 2 unspecified atom stereocenters. The number of ketones is 1. The van der Waals surface area contributed by atoms with Crippen molar-refractivity contribution in [1.82, 2.24) is 5.32 Å². The quantitative estimate of drug-likeness (QED) is 0.856. The van der Waals surface area contributed by atoms with E-state index in [1.54, 1.807) is 6.92 Å². The van der Waals surface area contributed by atoms with Crippen LogP contribution in [0, 0.1) is 20.8 Å². The number of amides is 1. The Hall–Kier alpha value is -1.68. The third-order valence-corrected chi connectivity index (χ3v) is 4.09. The second kappa shape index (κ2) is 5.02. The van der Waals surface area contributed by atoms with Gasteiger partial charge in [-0.25, -0.2) is 0 Å². The molecular formula is C16H21NO3. The predicted molar refractivity (Wildman–Crippen MR) is 76.8 cm³/mol. The maximum absolute atomic E-state index is 12.6. The van der Waals surface area contributed by atoms with Crippen LogP contribution in [-0.4, -0.2) is 30.9 Å². The summed E-state index contributed by atoms with van der Waals surface area (Å²) in [5, 5.41) is 2.78. The minimum absolute atomic E-state index is 0.115. The zero-order valence-electron chi connectivity index (χ0n) is 12.7. The average Bonchev–Trinajstić information content (AvgIpc) is 2.56. The lowest BCUT2D eigenvalue weighted by atomic mass is 9.85. The minimum Gasteiger partial charge on any atom is -0.382 e. The summed E-state index contributed by atoms with van der Waals surface area (Å²) in [6, 6.07) is 3.97. The number of hydrogen-bond donors (Lipinski definition) is 1. The minimum atomic E-state index is -0.929. The van der Waals surface area contributed by atoms with Crippen LogP contribution in [-0.2, 0) is 14.3 Å². The Labute approximate surface area is 119 Å². The number of rotatable bonds is 3. The van der Waals surface area contributed by atoms with E-state index >= 15 is 0 Å². The zero-order valence-corrected chi connectivity index (χ0v) is 12.7. The highest BCUT2D eigenvalue weighted by molar-refractivity contribution is 6.17. The average molecular weight is 275 g/mol. The number of aryl methyl sites for hydroxylation is 3. The fourth-order valence-corrected chi connectivity index (χ4v) is 2.82. The van der Waals surface area contributed by atoms with Crippen molar-refractivity contribution in [2.45, 2.75) is 39.2 Å². The molecule has 1 aromatic rings. The molecule has 0 aliphatic carbocycles. The van der Waals surface area contributed by atoms with Gasteiger partial charge in [-0.3, -0.25) is 9.59 Å². The molecule has 4 nitrogen and oxygen atoms in total. The molecule has 0 spiro atoms. The first kappa shape index (κ1) is 14.7. The van der Waals surface area contributed by atoms with E-state index in [0.29, 0.717) is 0 Å². The molecule has 108 valence electrons. The Morgan fingerprint density at radius 2 is 1.75 bits per heavy atom. The molecule has 1 fully saturated rings. The van der Waals surface area contributed by atoms with Crippen molar-refractivity contribution < 1.29 is 14.3 Å². The number of benzene rings is 1. The first-order chi connectivity index (χ1) is 9.30. The van der Waals surface area contributed by atoms with E-state index in [1.165, 1.54) is 7.11 Å². The Balaban J connectivity index is 2.46. The summed E-state index contributed by atoms with van der Waals surface area (Å²) in [5.74, 6) is -1.08. The van der Waals surface area contributed by atoms with Crippen LogP contribution in [0.5, 0.6) is 0 Å². The molecule has 0 radical (unpaired) electrons. The van der Waals surface area contributed by atoms with Gasteiger partial charge >= 0.3 is 0 Å². The fourth-order valence-electron chi connectivity index (χ4n) is 2.82. The van der Waals surface area contributed by atoms with Crippen LogP contribution < -0.4 is 5.32 Å². The Morgan fingerprint density at radius 1 is 1.15 bits per heavy atom. The van der Waals surface area contributed by atoms with Gasteiger partial charge in [0.2, 0.25) is 5.91 Å². The highest BCUT2D eigenvalue weighted by atomic mass is 16.5. The van der Waals surface area contributed by atoms with Crippen LogP contribution in [0.25, 0.3) is 0 Å². The Bertz CT molecular complexity index is 579. The van der Waals surface area contributed by atoms with Crippen molar-refractivity contribution >= 4 is 11.7 Å². The molecule has 1 N–H and O–H groups in total. The second-order valence-corrected chi connectivity index (χ2v) is 5.84. The largest absolute Gasteiger partial charge is 0.382 e. The lowest BCUT2D eigenvalue weighted by Gasteiger charge is -2.21. The van der Waals surface area contributed by atoms with Gasteiger partial charge in [-0.2, -0.15) is 0 Å². The second-order valence-electron chi connectivity index (χ2n) is 5.84. The topological polar surface area (TPSA) is 55.4 Å². The predicted octanol–water partition coefficient (Wildman–Crippen LogP) is 1.80. The zero-order chi connectivity index (χ0) is 15.1. The Kier molecular flexibility index (Phi) is 3.69. The summed E-state index contributed by atoms with van der Waals surface area (Å²) >= 11 is 0. The van der Waals surface area contributed by atoms with Crippen molar-refractivity contribution in [3.05, 3.63) is 34.4 Å². The number of Topliss-reactive ketones (excluding diaryl/α,β-unsaturated/α-hetero) is 1. The van der Waals surface area contributed by atoms with E-state index in [1.807, 2.05) is 32.9 Å². The van der Waals surface area contributed by atoms with Crippen LogP contribution in [0.2, 0.25) is 0 Å². The molecule has 1 amide bonds. The van der Waals surface area contributed by atoms with Crippen LogP contribution in [0.15, 0.2) is 12.1 Å². The smallest absolute Gasteiger partial charge is 0.236 e. The summed E-state index contributed by atoms with van der Waals surface area (Å²) in [6.07, 6.45) is 0. The van der Waals surface area contributed by atoms with E-state index in [9.17, 15) is 9.59 Å². The number of nitrogens with one attached hydrogen (secondary N) is 1. The standard InChI is InChI=1S/C16H21NO3/c1-9-6-11(3)12(7-10(9)2)13-14(18)16(4,8-20-5)17-15(13)19/h6-7,13H,8H2,1-5H3,(H,17,19). The highest BCUT2D eigenvalue weighted by Gasteiger charge is 2.50. The number of methoxy groups -OCH3 is 1. The lowest BCUT2D eigenvalue weighted by molar-refractivity contribution is -0.125. The number of ether oxygens (including phenoxy) is 1. The van der Waals surface area contributed by atoms with Crippen LogP contribution >= 0.6 is 0 Å². The molecule has 2 atom stereocenters. The van der Waals surface area contributed by atoms with Gasteiger partial charge in [0, 0.05) is 7.11 Å². The summed E-state index contributed by atoms with van der Waals surface area (Å²) in [4.78, 5) is 24.8. The third kappa shape index (κ3) is 2.24. The van der Waals surface area contributed by atoms with Crippen molar-refractivity contribution in [2.24, 2.45) is 0 Å². The first-order valence-electron chi connectivity index (χ1n) is 6.73. The van der Waals surface area contributed by atoms with Crippen molar-refractivity contribution in [2.75, 3.05) is 13.7 Å². The Morgan fingerprint density at radius 3 is 2.35 bits per heavy atom. The highest BCUT2D eigenvalue weighted by Crippen LogP contribution is 2.32. The number of hydrogen-bond acceptors (Lipinski definition) is 3. The molecule has 20 heavy (non-hydrogen) atoms. The molecular weight excluding hydrogens is 254 g/mol. The van der Waals surface area contributed by atoms with Crippen molar-refractivity contribution in [3.63, 3.8) is 0 Å². The van der Waals surface area contributed by atoms with Gasteiger partial charge in [-0.05, 0) is 49.9 Å². The molecule has 1 aliphatic rings. The van der Waals surface area contributed by atoms with Crippen LogP contribution in [0.4, 0.5) is 0 Å². The molecule has 1 aliphatic heterocycles. The third-order valence-electron chi connectivity index (χ3n) is 4.09. The van der Waals surface area contributed by atoms with Gasteiger partial charge in [0.1, 0.15) is 11.5 Å². The molecule has 0 bridgehead atoms. The lowest BCUT2D eigenvalue weighted by Crippen LogP contribution is -2.47. The molecule has 1 aromatic carbocycles. The maximum atomic E-state index is 12.6. The summed E-state index contributed by atoms with van der Waals surface area (Å²) in [7, 11) is 1.53. The van der Waals surface area contributed by atoms with Crippen LogP contribution in [0.1, 0.15) is 35.1 Å². The van der Waals surface area contributed by atoms with E-state index in [4.69, 9.17) is 4.74 Å². The SMILES string of the molecule is COCC1(C)NC(=O)C(c2cc(C)c(C)cc2C)C1=O. The summed E-state index contributed by atoms with van der Waals surface area (Å²) in [5.41, 5.74) is 3.10. The van der Waals surface area contributed by atoms with E-state index in [0.717, 1.165) is 22.3 Å². The van der Waals surface area contributed by atoms with Gasteiger partial charge in [0.05, 0.1) is 6.61 Å². The van der Waals surface area contributed by atoms with E-state index in [2.05, 4.69) is 5.32 Å². The number of carbonyl (C=O) groups is 2. The summed E-state index contributed by atoms with van der Waals surface area (Å²) in [6.45, 7) is 7.86. The van der Waals surface area contributed by atoms with Crippen molar-refractivity contribution in [3.8, 4) is 0 Å². The molecule has 4 heteroatoms. The fraction of sp³-hybridized carbons (Fsp3) is 0.500. The van der Waals surface area contributed by atoms with Gasteiger partial charge in [0.25, 0.3) is 0 Å². The molecule has 1 saturated heterocycles. The first-order valence-corrected chi connectivity index (χ1v) is 6.73. The monoisotopic (exact) mass is 275 g/mol. The summed E-state index contributed by atoms with van der Waals surface area (Å²) < 4.78 is 5.07. The van der Waals surface area contributed by atoms with Crippen LogP contribution in [0.3, 0.4) is 0 Å². The molecule has 2 rings (SSSR count). The van der Waals surface area contributed by atoms with Gasteiger partial charge < -0.3 is 10.1 Å². The normalized spacial score (nSPS) is 25.9. The molecule has 1 heterocycles. The molecule has 0 saturated carbocycles. The maximum Gasteiger partial charge on any atom is 0.236 e. The van der Waals surface area contributed by atoms with Gasteiger partial charge in [0.15, 0.2) is 5.78 Å². The van der Waals surface area contributed by atoms with Gasteiger partial charge in [-0.1, -0.05) is 12.1 Å². The van der Waals surface area contributed by atoms with E-state index in [-0.39, 0.29) is 18.3 Å². The van der Waals surface area contributed by atoms with Crippen molar-refractivity contribution in [1.29, 1.82) is 0 Å².